The number of piperazine rings is 1. The molecule has 2 amide bonds. The van der Waals surface area contributed by atoms with E-state index in [0.717, 1.165) is 17.5 Å². The van der Waals surface area contributed by atoms with Gasteiger partial charge in [0.25, 0.3) is 5.91 Å². The van der Waals surface area contributed by atoms with E-state index in [2.05, 4.69) is 4.98 Å². The maximum absolute atomic E-state index is 12.8. The average molecular weight is 367 g/mol. The van der Waals surface area contributed by atoms with Gasteiger partial charge in [0.15, 0.2) is 11.5 Å². The Hall–Kier alpha value is -3.09. The molecule has 1 aromatic carbocycles. The first-order valence-corrected chi connectivity index (χ1v) is 8.86. The first-order chi connectivity index (χ1) is 13.1. The van der Waals surface area contributed by atoms with Crippen LogP contribution in [-0.2, 0) is 11.2 Å². The normalized spacial score (nSPS) is 18.6. The summed E-state index contributed by atoms with van der Waals surface area (Å²) >= 11 is 0. The molecule has 1 unspecified atom stereocenters. The SMILES string of the molecule is COc1cc2c(cc1OC)C1CN(C(=O)c3ccncc3)CC(=O)N1CC2. The molecular weight excluding hydrogens is 346 g/mol. The highest BCUT2D eigenvalue weighted by molar-refractivity contribution is 5.97. The van der Waals surface area contributed by atoms with Crippen molar-refractivity contribution in [3.63, 3.8) is 0 Å². The number of carbonyl (C=O) groups excluding carboxylic acids is 2. The van der Waals surface area contributed by atoms with Crippen LogP contribution in [0.3, 0.4) is 0 Å². The monoisotopic (exact) mass is 367 g/mol. The van der Waals surface area contributed by atoms with Gasteiger partial charge in [-0.1, -0.05) is 0 Å². The zero-order valence-electron chi connectivity index (χ0n) is 15.3. The van der Waals surface area contributed by atoms with Crippen molar-refractivity contribution in [3.05, 3.63) is 53.3 Å². The number of hydrogen-bond donors (Lipinski definition) is 0. The minimum Gasteiger partial charge on any atom is -0.493 e. The molecule has 27 heavy (non-hydrogen) atoms. The molecule has 1 aromatic heterocycles. The second kappa shape index (κ2) is 6.90. The number of rotatable bonds is 3. The van der Waals surface area contributed by atoms with E-state index in [0.29, 0.717) is 30.2 Å². The maximum Gasteiger partial charge on any atom is 0.254 e. The van der Waals surface area contributed by atoms with Gasteiger partial charge in [-0.2, -0.15) is 0 Å². The molecule has 1 fully saturated rings. The van der Waals surface area contributed by atoms with E-state index in [9.17, 15) is 9.59 Å². The summed E-state index contributed by atoms with van der Waals surface area (Å²) in [7, 11) is 3.20. The van der Waals surface area contributed by atoms with Gasteiger partial charge in [-0.25, -0.2) is 0 Å². The van der Waals surface area contributed by atoms with Gasteiger partial charge in [-0.15, -0.1) is 0 Å². The molecule has 1 atom stereocenters. The van der Waals surface area contributed by atoms with Crippen molar-refractivity contribution >= 4 is 11.8 Å². The summed E-state index contributed by atoms with van der Waals surface area (Å²) in [5.74, 6) is 1.12. The summed E-state index contributed by atoms with van der Waals surface area (Å²) in [5.41, 5.74) is 2.67. The zero-order chi connectivity index (χ0) is 19.0. The highest BCUT2D eigenvalue weighted by atomic mass is 16.5. The van der Waals surface area contributed by atoms with Crippen molar-refractivity contribution in [2.24, 2.45) is 0 Å². The van der Waals surface area contributed by atoms with Crippen LogP contribution in [-0.4, -0.2) is 60.5 Å². The highest BCUT2D eigenvalue weighted by Gasteiger charge is 2.39. The lowest BCUT2D eigenvalue weighted by Gasteiger charge is -2.44. The van der Waals surface area contributed by atoms with Crippen LogP contribution in [0.25, 0.3) is 0 Å². The fraction of sp³-hybridized carbons (Fsp3) is 0.350. The number of fused-ring (bicyclic) bond motifs is 3. The maximum atomic E-state index is 12.8. The van der Waals surface area contributed by atoms with Crippen molar-refractivity contribution in [2.75, 3.05) is 33.9 Å². The zero-order valence-corrected chi connectivity index (χ0v) is 15.3. The predicted molar refractivity (Wildman–Crippen MR) is 97.8 cm³/mol. The summed E-state index contributed by atoms with van der Waals surface area (Å²) in [6, 6.07) is 7.06. The Morgan fingerprint density at radius 2 is 1.85 bits per heavy atom. The lowest BCUT2D eigenvalue weighted by molar-refractivity contribution is -0.139. The van der Waals surface area contributed by atoms with Gasteiger partial charge in [0.05, 0.1) is 20.3 Å². The Labute approximate surface area is 157 Å². The molecule has 7 heteroatoms. The Kier molecular flexibility index (Phi) is 4.43. The molecule has 7 nitrogen and oxygen atoms in total. The lowest BCUT2D eigenvalue weighted by Crippen LogP contribution is -2.55. The second-order valence-electron chi connectivity index (χ2n) is 6.68. The number of benzene rings is 1. The predicted octanol–water partition coefficient (Wildman–Crippen LogP) is 1.68. The number of hydrogen-bond acceptors (Lipinski definition) is 5. The van der Waals surface area contributed by atoms with Crippen LogP contribution < -0.4 is 9.47 Å². The highest BCUT2D eigenvalue weighted by Crippen LogP contribution is 2.39. The number of ether oxygens (including phenoxy) is 2. The van der Waals surface area contributed by atoms with Gasteiger partial charge in [0.2, 0.25) is 5.91 Å². The minimum atomic E-state index is -0.180. The largest absolute Gasteiger partial charge is 0.493 e. The summed E-state index contributed by atoms with van der Waals surface area (Å²) in [6.07, 6.45) is 3.92. The van der Waals surface area contributed by atoms with Crippen LogP contribution in [0.4, 0.5) is 0 Å². The molecule has 0 N–H and O–H groups in total. The molecule has 2 aromatic rings. The van der Waals surface area contributed by atoms with Crippen molar-refractivity contribution in [1.82, 2.24) is 14.8 Å². The van der Waals surface area contributed by atoms with E-state index in [4.69, 9.17) is 9.47 Å². The van der Waals surface area contributed by atoms with Crippen LogP contribution in [0.15, 0.2) is 36.7 Å². The third-order valence-corrected chi connectivity index (χ3v) is 5.26. The van der Waals surface area contributed by atoms with Gasteiger partial charge in [-0.3, -0.25) is 14.6 Å². The molecule has 4 rings (SSSR count). The molecule has 2 aliphatic rings. The third-order valence-electron chi connectivity index (χ3n) is 5.26. The van der Waals surface area contributed by atoms with E-state index in [1.54, 1.807) is 43.6 Å². The van der Waals surface area contributed by atoms with E-state index in [1.165, 1.54) is 0 Å². The van der Waals surface area contributed by atoms with E-state index in [1.807, 2.05) is 17.0 Å². The molecule has 0 saturated carbocycles. The first kappa shape index (κ1) is 17.3. The molecule has 0 aliphatic carbocycles. The quantitative estimate of drug-likeness (QED) is 0.825. The number of pyridine rings is 1. The Balaban J connectivity index is 1.68. The van der Waals surface area contributed by atoms with Crippen LogP contribution in [0, 0.1) is 0 Å². The van der Waals surface area contributed by atoms with Crippen LogP contribution in [0.2, 0.25) is 0 Å². The van der Waals surface area contributed by atoms with E-state index >= 15 is 0 Å². The molecule has 2 aliphatic heterocycles. The summed E-state index contributed by atoms with van der Waals surface area (Å²) in [6.45, 7) is 1.19. The van der Waals surface area contributed by atoms with Crippen molar-refractivity contribution in [3.8, 4) is 11.5 Å². The van der Waals surface area contributed by atoms with Gasteiger partial charge in [0, 0.05) is 31.0 Å². The topological polar surface area (TPSA) is 72.0 Å². The Morgan fingerprint density at radius 1 is 1.15 bits per heavy atom. The lowest BCUT2D eigenvalue weighted by atomic mass is 9.90. The summed E-state index contributed by atoms with van der Waals surface area (Å²) in [5, 5.41) is 0. The van der Waals surface area contributed by atoms with Gasteiger partial charge >= 0.3 is 0 Å². The van der Waals surface area contributed by atoms with Crippen molar-refractivity contribution in [1.29, 1.82) is 0 Å². The number of amides is 2. The fourth-order valence-electron chi connectivity index (χ4n) is 3.88. The number of nitrogens with zero attached hydrogens (tertiary/aromatic N) is 3. The van der Waals surface area contributed by atoms with Crippen LogP contribution in [0.1, 0.15) is 27.5 Å². The molecule has 1 saturated heterocycles. The standard InChI is InChI=1S/C20H21N3O4/c1-26-17-9-14-5-8-23-16(15(14)10-18(17)27-2)11-22(12-19(23)24)20(25)13-3-6-21-7-4-13/h3-4,6-7,9-10,16H,5,8,11-12H2,1-2H3. The Bertz CT molecular complexity index is 884. The van der Waals surface area contributed by atoms with Gasteiger partial charge < -0.3 is 19.3 Å². The van der Waals surface area contributed by atoms with Crippen LogP contribution in [0.5, 0.6) is 11.5 Å². The minimum absolute atomic E-state index is 0.0332. The molecule has 0 radical (unpaired) electrons. The number of methoxy groups -OCH3 is 2. The number of aromatic nitrogens is 1. The van der Waals surface area contributed by atoms with Crippen LogP contribution >= 0.6 is 0 Å². The average Bonchev–Trinajstić information content (AvgIpc) is 2.72. The van der Waals surface area contributed by atoms with Gasteiger partial charge in [0.1, 0.15) is 6.54 Å². The Morgan fingerprint density at radius 3 is 2.56 bits per heavy atom. The molecule has 3 heterocycles. The fourth-order valence-corrected chi connectivity index (χ4v) is 3.88. The van der Waals surface area contributed by atoms with Crippen molar-refractivity contribution in [2.45, 2.75) is 12.5 Å². The summed E-state index contributed by atoms with van der Waals surface area (Å²) < 4.78 is 10.8. The summed E-state index contributed by atoms with van der Waals surface area (Å²) in [4.78, 5) is 33.0. The smallest absolute Gasteiger partial charge is 0.254 e. The molecule has 140 valence electrons. The molecule has 0 spiro atoms. The molecular formula is C20H21N3O4. The van der Waals surface area contributed by atoms with Gasteiger partial charge in [-0.05, 0) is 41.8 Å². The first-order valence-electron chi connectivity index (χ1n) is 8.86. The molecule has 0 bridgehead atoms. The van der Waals surface area contributed by atoms with E-state index in [-0.39, 0.29) is 24.4 Å². The third kappa shape index (κ3) is 2.99. The van der Waals surface area contributed by atoms with E-state index < -0.39 is 0 Å². The second-order valence-corrected chi connectivity index (χ2v) is 6.68. The van der Waals surface area contributed by atoms with Crippen molar-refractivity contribution < 1.29 is 19.1 Å². The number of carbonyl (C=O) groups is 2.